The van der Waals surface area contributed by atoms with E-state index in [1.807, 2.05) is 43.7 Å². The molecule has 3 aromatic carbocycles. The highest BCUT2D eigenvalue weighted by molar-refractivity contribution is 6.06. The number of hydrogen-bond acceptors (Lipinski definition) is 8. The molecule has 0 bridgehead atoms. The Bertz CT molecular complexity index is 2460. The molecule has 2 saturated heterocycles. The second-order valence-corrected chi connectivity index (χ2v) is 17.4. The summed E-state index contributed by atoms with van der Waals surface area (Å²) in [5.74, 6) is 7.67. The lowest BCUT2D eigenvalue weighted by molar-refractivity contribution is -0.135. The molecule has 1 aromatic heterocycles. The van der Waals surface area contributed by atoms with Crippen LogP contribution in [-0.4, -0.2) is 94.9 Å². The number of aromatic nitrogens is 2. The molecule has 4 heterocycles. The van der Waals surface area contributed by atoms with Crippen LogP contribution in [-0.2, 0) is 25.5 Å². The number of hydrogen-bond donors (Lipinski definition) is 3. The fraction of sp³-hybridized carbons (Fsp3) is 0.458. The van der Waals surface area contributed by atoms with Crippen LogP contribution in [0.2, 0.25) is 0 Å². The molecule has 3 fully saturated rings. The molecule has 13 heteroatoms. The molecule has 61 heavy (non-hydrogen) atoms. The van der Waals surface area contributed by atoms with Gasteiger partial charge in [0.15, 0.2) is 0 Å². The predicted octanol–water partition coefficient (Wildman–Crippen LogP) is 7.70. The molecule has 0 unspecified atom stereocenters. The van der Waals surface area contributed by atoms with Gasteiger partial charge in [0.1, 0.15) is 17.9 Å². The Morgan fingerprint density at radius 1 is 0.787 bits per heavy atom. The second-order valence-electron chi connectivity index (χ2n) is 17.4. The molecule has 4 atom stereocenters. The van der Waals surface area contributed by atoms with Gasteiger partial charge in [0.05, 0.1) is 43.9 Å². The van der Waals surface area contributed by atoms with Crippen LogP contribution in [0.4, 0.5) is 15.3 Å². The molecule has 1 aliphatic carbocycles. The monoisotopic (exact) mass is 825 g/mol. The van der Waals surface area contributed by atoms with Gasteiger partial charge in [0.2, 0.25) is 11.8 Å². The predicted molar refractivity (Wildman–Crippen MR) is 234 cm³/mol. The molecule has 0 radical (unpaired) electrons. The number of amides is 4. The molecule has 3 N–H and O–H groups in total. The molecule has 4 aromatic rings. The lowest BCUT2D eigenvalue weighted by atomic mass is 9.92. The van der Waals surface area contributed by atoms with Crippen LogP contribution in [0.3, 0.4) is 0 Å². The van der Waals surface area contributed by atoms with Crippen molar-refractivity contribution in [3.8, 4) is 34.2 Å². The zero-order valence-corrected chi connectivity index (χ0v) is 35.8. The number of methoxy groups -OCH3 is 2. The van der Waals surface area contributed by atoms with Crippen molar-refractivity contribution in [2.24, 2.45) is 22.7 Å². The minimum atomic E-state index is -0.702. The van der Waals surface area contributed by atoms with Crippen LogP contribution in [0.25, 0.3) is 33.2 Å². The van der Waals surface area contributed by atoms with Crippen molar-refractivity contribution in [3.05, 3.63) is 71.7 Å². The third-order valence-electron chi connectivity index (χ3n) is 12.5. The fourth-order valence-electron chi connectivity index (χ4n) is 8.98. The van der Waals surface area contributed by atoms with E-state index in [0.717, 1.165) is 94.2 Å². The third kappa shape index (κ3) is 8.58. The van der Waals surface area contributed by atoms with Crippen molar-refractivity contribution < 1.29 is 28.7 Å². The highest BCUT2D eigenvalue weighted by atomic mass is 16.5. The van der Waals surface area contributed by atoms with Crippen molar-refractivity contribution in [2.45, 2.75) is 96.8 Å². The Balaban J connectivity index is 1.03. The van der Waals surface area contributed by atoms with E-state index in [0.29, 0.717) is 31.3 Å². The van der Waals surface area contributed by atoms with E-state index in [9.17, 15) is 19.2 Å². The van der Waals surface area contributed by atoms with Gasteiger partial charge in [-0.25, -0.2) is 14.6 Å². The first kappa shape index (κ1) is 41.6. The Hall–Kier alpha value is -6.16. The number of carbonyl (C=O) groups is 4. The zero-order valence-electron chi connectivity index (χ0n) is 35.8. The van der Waals surface area contributed by atoms with Crippen molar-refractivity contribution in [2.75, 3.05) is 27.3 Å². The number of alkyl carbamates (subject to hydrolysis) is 2. The number of aliphatic imine (C=N–C) groups is 1. The minimum absolute atomic E-state index is 0.0991. The molecule has 13 nitrogen and oxygen atoms in total. The summed E-state index contributed by atoms with van der Waals surface area (Å²) in [6, 6.07) is 15.4. The summed E-state index contributed by atoms with van der Waals surface area (Å²) < 4.78 is 9.61. The lowest BCUT2D eigenvalue weighted by Gasteiger charge is -2.30. The van der Waals surface area contributed by atoms with E-state index in [4.69, 9.17) is 19.5 Å². The molecule has 318 valence electrons. The van der Waals surface area contributed by atoms with Gasteiger partial charge in [0, 0.05) is 42.3 Å². The van der Waals surface area contributed by atoms with Crippen molar-refractivity contribution in [3.63, 3.8) is 0 Å². The van der Waals surface area contributed by atoms with Crippen molar-refractivity contribution in [1.82, 2.24) is 30.4 Å². The number of likely N-dealkylation sites (tertiary alicyclic amines) is 2. The third-order valence-corrected chi connectivity index (χ3v) is 12.5. The number of imidazole rings is 1. The van der Waals surface area contributed by atoms with Crippen molar-refractivity contribution in [1.29, 1.82) is 0 Å². The van der Waals surface area contributed by atoms with E-state index in [-0.39, 0.29) is 35.7 Å². The van der Waals surface area contributed by atoms with Gasteiger partial charge in [-0.15, -0.1) is 0 Å². The summed E-state index contributed by atoms with van der Waals surface area (Å²) in [5, 5.41) is 7.70. The summed E-state index contributed by atoms with van der Waals surface area (Å²) in [6.45, 7) is 8.87. The SMILES string of the molecule is COC(=O)N[C@H](C(=O)N1CCC[C@H]1C1=Nc2ccc3cc(-c4ccc(-c5cnc([C@@H]6CCCN6C(=O)[C@@H](NC(=O)OC)C(C)C)[nH]5)cc4C#CC4CC4)ccc3c2C1)C(C)C. The molecular weight excluding hydrogens is 771 g/mol. The number of H-pyrrole nitrogens is 1. The summed E-state index contributed by atoms with van der Waals surface area (Å²) in [6.07, 6.45) is 6.80. The summed E-state index contributed by atoms with van der Waals surface area (Å²) in [5.41, 5.74) is 7.92. The van der Waals surface area contributed by atoms with E-state index in [1.165, 1.54) is 14.2 Å². The van der Waals surface area contributed by atoms with Crippen LogP contribution in [0.1, 0.15) is 89.2 Å². The van der Waals surface area contributed by atoms with Crippen molar-refractivity contribution >= 4 is 46.2 Å². The quantitative estimate of drug-likeness (QED) is 0.138. The van der Waals surface area contributed by atoms with Gasteiger partial charge in [-0.05, 0) is 96.0 Å². The fourth-order valence-corrected chi connectivity index (χ4v) is 8.98. The normalized spacial score (nSPS) is 19.3. The van der Waals surface area contributed by atoms with E-state index in [2.05, 4.69) is 76.0 Å². The molecule has 4 amide bonds. The number of benzene rings is 3. The summed E-state index contributed by atoms with van der Waals surface area (Å²) in [4.78, 5) is 68.8. The van der Waals surface area contributed by atoms with Crippen LogP contribution >= 0.6 is 0 Å². The van der Waals surface area contributed by atoms with E-state index in [1.54, 1.807) is 0 Å². The topological polar surface area (TPSA) is 158 Å². The highest BCUT2D eigenvalue weighted by Gasteiger charge is 2.40. The molecule has 8 rings (SSSR count). The minimum Gasteiger partial charge on any atom is -0.453 e. The standard InChI is InChI=1S/C48H55N7O6/c1-27(2)42(52-47(58)60-5)45(56)54-21-7-9-40(54)38-25-36-35-19-15-31(23-32(35)17-20-37(36)50-38)34-18-16-33(24-30(34)14-13-29-11-12-29)39-26-49-44(51-39)41-10-8-22-55(41)46(57)43(28(3)4)53-48(59)61-6/h15-20,23-24,26-29,40-43H,7-12,21-22,25H2,1-6H3,(H,49,51)(H,52,58)(H,53,59)/t40-,41-,42-,43-/m0/s1. The number of nitrogens with zero attached hydrogens (tertiary/aromatic N) is 4. The molecule has 3 aliphatic heterocycles. The molecule has 1 saturated carbocycles. The van der Waals surface area contributed by atoms with Gasteiger partial charge in [0.25, 0.3) is 0 Å². The maximum Gasteiger partial charge on any atom is 0.407 e. The van der Waals surface area contributed by atoms with E-state index < -0.39 is 24.3 Å². The maximum absolute atomic E-state index is 13.8. The number of carbonyl (C=O) groups excluding carboxylic acids is 4. The first-order valence-corrected chi connectivity index (χ1v) is 21.6. The van der Waals surface area contributed by atoms with Gasteiger partial charge in [-0.1, -0.05) is 69.9 Å². The van der Waals surface area contributed by atoms with Crippen LogP contribution in [0.5, 0.6) is 0 Å². The Kier molecular flexibility index (Phi) is 11.9. The average molecular weight is 826 g/mol. The molecule has 0 spiro atoms. The smallest absolute Gasteiger partial charge is 0.407 e. The van der Waals surface area contributed by atoms with Crippen LogP contribution in [0, 0.1) is 29.6 Å². The summed E-state index contributed by atoms with van der Waals surface area (Å²) in [7, 11) is 2.60. The second kappa shape index (κ2) is 17.4. The Morgan fingerprint density at radius 2 is 1.43 bits per heavy atom. The lowest BCUT2D eigenvalue weighted by Crippen LogP contribution is -2.53. The number of rotatable bonds is 10. The maximum atomic E-state index is 13.8. The number of fused-ring (bicyclic) bond motifs is 3. The van der Waals surface area contributed by atoms with Gasteiger partial charge in [-0.3, -0.25) is 14.6 Å². The number of ether oxygens (including phenoxy) is 2. The number of aromatic amines is 1. The summed E-state index contributed by atoms with van der Waals surface area (Å²) >= 11 is 0. The highest BCUT2D eigenvalue weighted by Crippen LogP contribution is 2.39. The number of nitrogens with one attached hydrogen (secondary N) is 3. The zero-order chi connectivity index (χ0) is 42.9. The van der Waals surface area contributed by atoms with E-state index >= 15 is 0 Å². The van der Waals surface area contributed by atoms with Gasteiger partial charge in [-0.2, -0.15) is 0 Å². The van der Waals surface area contributed by atoms with Crippen LogP contribution in [0.15, 0.2) is 59.7 Å². The molecule has 4 aliphatic rings. The molecular formula is C48H55N7O6. The Morgan fingerprint density at radius 3 is 2.07 bits per heavy atom. The van der Waals surface area contributed by atoms with Gasteiger partial charge < -0.3 is 34.9 Å². The average Bonchev–Trinajstić information content (AvgIpc) is 3.72. The largest absolute Gasteiger partial charge is 0.453 e. The van der Waals surface area contributed by atoms with Crippen LogP contribution < -0.4 is 10.6 Å². The first-order valence-electron chi connectivity index (χ1n) is 21.6. The first-order chi connectivity index (χ1) is 29.4. The van der Waals surface area contributed by atoms with Gasteiger partial charge >= 0.3 is 12.2 Å². The Labute approximate surface area is 357 Å².